The van der Waals surface area contributed by atoms with Gasteiger partial charge in [-0.1, -0.05) is 24.3 Å². The zero-order valence-corrected chi connectivity index (χ0v) is 13.8. The second-order valence-corrected chi connectivity index (χ2v) is 5.11. The molecule has 1 aliphatic rings. The van der Waals surface area contributed by atoms with Crippen molar-refractivity contribution in [2.75, 3.05) is 40.0 Å². The number of amides is 1. The van der Waals surface area contributed by atoms with Gasteiger partial charge < -0.3 is 20.1 Å². The third-order valence-corrected chi connectivity index (χ3v) is 3.57. The molecule has 0 aliphatic carbocycles. The van der Waals surface area contributed by atoms with Crippen molar-refractivity contribution in [3.8, 4) is 0 Å². The number of carbonyl (C=O) groups is 1. The van der Waals surface area contributed by atoms with E-state index in [4.69, 9.17) is 9.47 Å². The number of rotatable bonds is 8. The number of fused-ring (bicyclic) bond motifs is 1. The summed E-state index contributed by atoms with van der Waals surface area (Å²) in [5.74, 6) is 0.0326. The highest BCUT2D eigenvalue weighted by atomic mass is 35.5. The topological polar surface area (TPSA) is 59.6 Å². The van der Waals surface area contributed by atoms with Gasteiger partial charge in [0.15, 0.2) is 0 Å². The minimum Gasteiger partial charge on any atom is -0.383 e. The molecule has 22 heavy (non-hydrogen) atoms. The first-order chi connectivity index (χ1) is 10.3. The zero-order chi connectivity index (χ0) is 14.9. The smallest absolute Gasteiger partial charge is 0.223 e. The summed E-state index contributed by atoms with van der Waals surface area (Å²) in [5, 5.41) is 6.11. The van der Waals surface area contributed by atoms with Crippen LogP contribution in [0.1, 0.15) is 23.7 Å². The van der Waals surface area contributed by atoms with E-state index in [2.05, 4.69) is 22.8 Å². The fourth-order valence-electron chi connectivity index (χ4n) is 2.48. The van der Waals surface area contributed by atoms with E-state index in [0.717, 1.165) is 25.1 Å². The molecule has 6 heteroatoms. The Hall–Kier alpha value is -1.14. The number of benzene rings is 1. The summed E-state index contributed by atoms with van der Waals surface area (Å²) < 4.78 is 10.7. The van der Waals surface area contributed by atoms with Gasteiger partial charge in [-0.25, -0.2) is 0 Å². The van der Waals surface area contributed by atoms with Crippen LogP contribution in [0.2, 0.25) is 0 Å². The van der Waals surface area contributed by atoms with E-state index in [1.807, 2.05) is 12.1 Å². The first kappa shape index (κ1) is 18.9. The molecule has 124 valence electrons. The van der Waals surface area contributed by atoms with Crippen molar-refractivity contribution >= 4 is 18.3 Å². The molecule has 2 N–H and O–H groups in total. The van der Waals surface area contributed by atoms with Crippen LogP contribution in [0, 0.1) is 0 Å². The van der Waals surface area contributed by atoms with Gasteiger partial charge in [0.2, 0.25) is 5.91 Å². The average Bonchev–Trinajstić information content (AvgIpc) is 2.51. The van der Waals surface area contributed by atoms with E-state index < -0.39 is 0 Å². The SMILES string of the molecule is COCCNCCNC(=O)CC1OCCc2ccccc21.Cl. The maximum absolute atomic E-state index is 12.0. The molecule has 5 nitrogen and oxygen atoms in total. The number of carbonyl (C=O) groups excluding carboxylic acids is 1. The van der Waals surface area contributed by atoms with Crippen molar-refractivity contribution in [3.63, 3.8) is 0 Å². The Bertz CT molecular complexity index is 457. The number of nitrogens with one attached hydrogen (secondary N) is 2. The Labute approximate surface area is 138 Å². The summed E-state index contributed by atoms with van der Waals surface area (Å²) in [6.45, 7) is 3.54. The Kier molecular flexibility index (Phi) is 9.08. The zero-order valence-electron chi connectivity index (χ0n) is 13.0. The van der Waals surface area contributed by atoms with Gasteiger partial charge in [-0.05, 0) is 17.5 Å². The quantitative estimate of drug-likeness (QED) is 0.709. The monoisotopic (exact) mass is 328 g/mol. The lowest BCUT2D eigenvalue weighted by molar-refractivity contribution is -0.124. The third kappa shape index (κ3) is 5.93. The Morgan fingerprint density at radius 1 is 1.32 bits per heavy atom. The molecule has 1 aromatic carbocycles. The molecule has 0 saturated heterocycles. The van der Waals surface area contributed by atoms with E-state index in [9.17, 15) is 4.79 Å². The number of hydrogen-bond acceptors (Lipinski definition) is 4. The van der Waals surface area contributed by atoms with Gasteiger partial charge in [-0.2, -0.15) is 0 Å². The second kappa shape index (κ2) is 10.6. The number of hydrogen-bond donors (Lipinski definition) is 2. The number of methoxy groups -OCH3 is 1. The van der Waals surface area contributed by atoms with Gasteiger partial charge in [0.25, 0.3) is 0 Å². The molecule has 0 aromatic heterocycles. The van der Waals surface area contributed by atoms with Crippen LogP contribution in [-0.2, 0) is 20.7 Å². The number of ether oxygens (including phenoxy) is 2. The van der Waals surface area contributed by atoms with Crippen LogP contribution < -0.4 is 10.6 Å². The van der Waals surface area contributed by atoms with Gasteiger partial charge in [0, 0.05) is 26.7 Å². The van der Waals surface area contributed by atoms with E-state index in [1.165, 1.54) is 5.56 Å². The minimum atomic E-state index is -0.114. The predicted octanol–water partition coefficient (Wildman–Crippen LogP) is 1.46. The maximum atomic E-state index is 12.0. The van der Waals surface area contributed by atoms with Crippen LogP contribution in [0.5, 0.6) is 0 Å². The van der Waals surface area contributed by atoms with Crippen molar-refractivity contribution in [1.82, 2.24) is 10.6 Å². The van der Waals surface area contributed by atoms with Crippen molar-refractivity contribution in [3.05, 3.63) is 35.4 Å². The molecule has 0 bridgehead atoms. The summed E-state index contributed by atoms with van der Waals surface area (Å²) in [6, 6.07) is 8.20. The van der Waals surface area contributed by atoms with E-state index >= 15 is 0 Å². The van der Waals surface area contributed by atoms with E-state index in [-0.39, 0.29) is 24.4 Å². The standard InChI is InChI=1S/C16H24N2O3.ClH/c1-20-11-9-17-7-8-18-16(19)12-15-14-5-3-2-4-13(14)6-10-21-15;/h2-5,15,17H,6-12H2,1H3,(H,18,19);1H. The summed E-state index contributed by atoms with van der Waals surface area (Å²) in [4.78, 5) is 12.0. The molecule has 1 atom stereocenters. The highest BCUT2D eigenvalue weighted by Gasteiger charge is 2.22. The van der Waals surface area contributed by atoms with Gasteiger partial charge in [-0.3, -0.25) is 4.79 Å². The van der Waals surface area contributed by atoms with Crippen LogP contribution in [0.4, 0.5) is 0 Å². The maximum Gasteiger partial charge on any atom is 0.223 e. The molecule has 2 rings (SSSR count). The average molecular weight is 329 g/mol. The molecule has 1 aliphatic heterocycles. The lowest BCUT2D eigenvalue weighted by Gasteiger charge is -2.25. The summed E-state index contributed by atoms with van der Waals surface area (Å²) in [7, 11) is 1.67. The van der Waals surface area contributed by atoms with Crippen LogP contribution in [0.15, 0.2) is 24.3 Å². The fraction of sp³-hybridized carbons (Fsp3) is 0.562. The summed E-state index contributed by atoms with van der Waals surface area (Å²) in [6.07, 6.45) is 1.20. The van der Waals surface area contributed by atoms with Crippen molar-refractivity contribution < 1.29 is 14.3 Å². The van der Waals surface area contributed by atoms with Crippen LogP contribution in [0.3, 0.4) is 0 Å². The summed E-state index contributed by atoms with van der Waals surface area (Å²) in [5.41, 5.74) is 2.44. The minimum absolute atomic E-state index is 0. The van der Waals surface area contributed by atoms with Gasteiger partial charge in [-0.15, -0.1) is 12.4 Å². The van der Waals surface area contributed by atoms with Crippen molar-refractivity contribution in [2.45, 2.75) is 18.9 Å². The first-order valence-corrected chi connectivity index (χ1v) is 7.47. The second-order valence-electron chi connectivity index (χ2n) is 5.11. The Morgan fingerprint density at radius 3 is 2.95 bits per heavy atom. The molecule has 1 aromatic rings. The normalized spacial score (nSPS) is 16.5. The Morgan fingerprint density at radius 2 is 2.14 bits per heavy atom. The highest BCUT2D eigenvalue weighted by Crippen LogP contribution is 2.29. The van der Waals surface area contributed by atoms with E-state index in [1.54, 1.807) is 7.11 Å². The molecule has 1 amide bonds. The van der Waals surface area contributed by atoms with Crippen molar-refractivity contribution in [2.24, 2.45) is 0 Å². The molecule has 0 saturated carbocycles. The number of halogens is 1. The van der Waals surface area contributed by atoms with Crippen molar-refractivity contribution in [1.29, 1.82) is 0 Å². The fourth-order valence-corrected chi connectivity index (χ4v) is 2.48. The van der Waals surface area contributed by atoms with Crippen LogP contribution in [0.25, 0.3) is 0 Å². The summed E-state index contributed by atoms with van der Waals surface area (Å²) >= 11 is 0. The van der Waals surface area contributed by atoms with Gasteiger partial charge >= 0.3 is 0 Å². The molecule has 0 radical (unpaired) electrons. The Balaban J connectivity index is 0.00000242. The molecular formula is C16H25ClN2O3. The first-order valence-electron chi connectivity index (χ1n) is 7.47. The predicted molar refractivity (Wildman–Crippen MR) is 88.5 cm³/mol. The van der Waals surface area contributed by atoms with Crippen LogP contribution in [-0.4, -0.2) is 45.9 Å². The lowest BCUT2D eigenvalue weighted by atomic mass is 9.96. The molecular weight excluding hydrogens is 304 g/mol. The molecule has 0 spiro atoms. The largest absolute Gasteiger partial charge is 0.383 e. The van der Waals surface area contributed by atoms with Crippen LogP contribution >= 0.6 is 12.4 Å². The molecule has 1 unspecified atom stereocenters. The van der Waals surface area contributed by atoms with Gasteiger partial charge in [0.1, 0.15) is 0 Å². The van der Waals surface area contributed by atoms with Gasteiger partial charge in [0.05, 0.1) is 25.7 Å². The highest BCUT2D eigenvalue weighted by molar-refractivity contribution is 5.85. The van der Waals surface area contributed by atoms with E-state index in [0.29, 0.717) is 26.2 Å². The molecule has 0 fully saturated rings. The third-order valence-electron chi connectivity index (χ3n) is 3.57. The molecule has 1 heterocycles. The lowest BCUT2D eigenvalue weighted by Crippen LogP contribution is -2.34.